The highest BCUT2D eigenvalue weighted by Crippen LogP contribution is 2.34. The van der Waals surface area contributed by atoms with Crippen molar-refractivity contribution in [1.82, 2.24) is 0 Å². The van der Waals surface area contributed by atoms with E-state index in [2.05, 4.69) is 0 Å². The monoisotopic (exact) mass is 270 g/mol. The number of aryl methyl sites for hydroxylation is 1. The van der Waals surface area contributed by atoms with Crippen molar-refractivity contribution in [3.63, 3.8) is 0 Å². The maximum Gasteiger partial charge on any atom is 0.304 e. The van der Waals surface area contributed by atoms with Crippen LogP contribution >= 0.6 is 0 Å². The Kier molecular flexibility index (Phi) is 4.41. The molecule has 0 aliphatic heterocycles. The Morgan fingerprint density at radius 2 is 1.80 bits per heavy atom. The maximum absolute atomic E-state index is 11.2. The SMILES string of the molecule is COc1ccccc1C(CC(=O)O)c1ccc(C)cc1. The zero-order valence-corrected chi connectivity index (χ0v) is 11.7. The highest BCUT2D eigenvalue weighted by Gasteiger charge is 2.20. The minimum Gasteiger partial charge on any atom is -0.496 e. The summed E-state index contributed by atoms with van der Waals surface area (Å²) < 4.78 is 5.36. The lowest BCUT2D eigenvalue weighted by atomic mass is 9.87. The van der Waals surface area contributed by atoms with Gasteiger partial charge in [0, 0.05) is 11.5 Å². The first-order valence-corrected chi connectivity index (χ1v) is 6.53. The van der Waals surface area contributed by atoms with Gasteiger partial charge in [0.25, 0.3) is 0 Å². The molecule has 0 fully saturated rings. The van der Waals surface area contributed by atoms with E-state index in [1.54, 1.807) is 7.11 Å². The van der Waals surface area contributed by atoms with Crippen LogP contribution in [-0.4, -0.2) is 18.2 Å². The predicted molar refractivity (Wildman–Crippen MR) is 78.3 cm³/mol. The van der Waals surface area contributed by atoms with Gasteiger partial charge in [-0.3, -0.25) is 4.79 Å². The van der Waals surface area contributed by atoms with Crippen LogP contribution in [0.2, 0.25) is 0 Å². The predicted octanol–water partition coefficient (Wildman–Crippen LogP) is 3.61. The van der Waals surface area contributed by atoms with Crippen molar-refractivity contribution in [3.8, 4) is 5.75 Å². The summed E-state index contributed by atoms with van der Waals surface area (Å²) in [5, 5.41) is 9.18. The van der Waals surface area contributed by atoms with Gasteiger partial charge in [-0.15, -0.1) is 0 Å². The van der Waals surface area contributed by atoms with Crippen LogP contribution in [0.15, 0.2) is 48.5 Å². The average Bonchev–Trinajstić information content (AvgIpc) is 2.45. The second kappa shape index (κ2) is 6.24. The second-order valence-electron chi connectivity index (χ2n) is 4.80. The number of para-hydroxylation sites is 1. The zero-order valence-electron chi connectivity index (χ0n) is 11.7. The van der Waals surface area contributed by atoms with Crippen molar-refractivity contribution in [2.45, 2.75) is 19.3 Å². The van der Waals surface area contributed by atoms with Crippen LogP contribution in [0.25, 0.3) is 0 Å². The Labute approximate surface area is 118 Å². The fraction of sp³-hybridized carbons (Fsp3) is 0.235. The molecule has 0 aliphatic rings. The van der Waals surface area contributed by atoms with Crippen LogP contribution in [0.5, 0.6) is 5.75 Å². The third kappa shape index (κ3) is 3.18. The summed E-state index contributed by atoms with van der Waals surface area (Å²) in [5.74, 6) is -0.301. The first-order chi connectivity index (χ1) is 9.61. The van der Waals surface area contributed by atoms with Gasteiger partial charge in [-0.1, -0.05) is 48.0 Å². The van der Waals surface area contributed by atoms with Gasteiger partial charge in [0.05, 0.1) is 13.5 Å². The molecule has 0 heterocycles. The third-order valence-electron chi connectivity index (χ3n) is 3.37. The van der Waals surface area contributed by atoms with Crippen molar-refractivity contribution < 1.29 is 14.6 Å². The minimum absolute atomic E-state index is 0.0451. The lowest BCUT2D eigenvalue weighted by Crippen LogP contribution is -2.09. The molecule has 0 spiro atoms. The molecule has 0 aliphatic carbocycles. The van der Waals surface area contributed by atoms with Gasteiger partial charge in [-0.05, 0) is 18.6 Å². The average molecular weight is 270 g/mol. The summed E-state index contributed by atoms with van der Waals surface area (Å²) in [7, 11) is 1.60. The molecule has 2 aromatic carbocycles. The van der Waals surface area contributed by atoms with Crippen LogP contribution in [0.4, 0.5) is 0 Å². The van der Waals surface area contributed by atoms with E-state index in [0.29, 0.717) is 0 Å². The number of methoxy groups -OCH3 is 1. The number of benzene rings is 2. The number of hydrogen-bond acceptors (Lipinski definition) is 2. The van der Waals surface area contributed by atoms with Crippen LogP contribution in [0.1, 0.15) is 29.0 Å². The maximum atomic E-state index is 11.2. The minimum atomic E-state index is -0.818. The van der Waals surface area contributed by atoms with E-state index < -0.39 is 5.97 Å². The second-order valence-corrected chi connectivity index (χ2v) is 4.80. The van der Waals surface area contributed by atoms with Crippen molar-refractivity contribution >= 4 is 5.97 Å². The van der Waals surface area contributed by atoms with E-state index in [9.17, 15) is 9.90 Å². The fourth-order valence-electron chi connectivity index (χ4n) is 2.34. The first-order valence-electron chi connectivity index (χ1n) is 6.53. The number of ether oxygens (including phenoxy) is 1. The summed E-state index contributed by atoms with van der Waals surface area (Å²) in [6, 6.07) is 15.5. The van der Waals surface area contributed by atoms with Crippen molar-refractivity contribution in [2.24, 2.45) is 0 Å². The quantitative estimate of drug-likeness (QED) is 0.902. The molecule has 1 unspecified atom stereocenters. The van der Waals surface area contributed by atoms with Crippen LogP contribution in [0, 0.1) is 6.92 Å². The molecule has 1 atom stereocenters. The topological polar surface area (TPSA) is 46.5 Å². The lowest BCUT2D eigenvalue weighted by Gasteiger charge is -2.19. The molecule has 20 heavy (non-hydrogen) atoms. The molecule has 3 nitrogen and oxygen atoms in total. The Hall–Kier alpha value is -2.29. The van der Waals surface area contributed by atoms with E-state index in [1.807, 2.05) is 55.5 Å². The molecule has 3 heteroatoms. The molecule has 2 aromatic rings. The summed E-state index contributed by atoms with van der Waals surface area (Å²) in [5.41, 5.74) is 3.05. The highest BCUT2D eigenvalue weighted by atomic mass is 16.5. The molecule has 0 amide bonds. The standard InChI is InChI=1S/C17H18O3/c1-12-7-9-13(10-8-12)15(11-17(18)19)14-5-3-4-6-16(14)20-2/h3-10,15H,11H2,1-2H3,(H,18,19). The molecule has 1 N–H and O–H groups in total. The van der Waals surface area contributed by atoms with Gasteiger partial charge in [0.1, 0.15) is 5.75 Å². The molecule has 2 rings (SSSR count). The molecular weight excluding hydrogens is 252 g/mol. The Balaban J connectivity index is 2.46. The van der Waals surface area contributed by atoms with E-state index in [1.165, 1.54) is 0 Å². The zero-order chi connectivity index (χ0) is 14.5. The van der Waals surface area contributed by atoms with Crippen LogP contribution in [-0.2, 0) is 4.79 Å². The highest BCUT2D eigenvalue weighted by molar-refractivity contribution is 5.69. The molecular formula is C17H18O3. The van der Waals surface area contributed by atoms with Gasteiger partial charge in [-0.25, -0.2) is 0 Å². The van der Waals surface area contributed by atoms with E-state index in [4.69, 9.17) is 4.74 Å². The van der Waals surface area contributed by atoms with Gasteiger partial charge in [0.2, 0.25) is 0 Å². The number of carboxylic acid groups (broad SMARTS) is 1. The van der Waals surface area contributed by atoms with Gasteiger partial charge in [-0.2, -0.15) is 0 Å². The number of carbonyl (C=O) groups is 1. The first kappa shape index (κ1) is 14.1. The van der Waals surface area contributed by atoms with Crippen molar-refractivity contribution in [3.05, 3.63) is 65.2 Å². The van der Waals surface area contributed by atoms with Crippen LogP contribution < -0.4 is 4.74 Å². The lowest BCUT2D eigenvalue weighted by molar-refractivity contribution is -0.137. The van der Waals surface area contributed by atoms with Gasteiger partial charge in [0.15, 0.2) is 0 Å². The molecule has 0 saturated carbocycles. The third-order valence-corrected chi connectivity index (χ3v) is 3.37. The Morgan fingerprint density at radius 1 is 1.15 bits per heavy atom. The van der Waals surface area contributed by atoms with E-state index in [-0.39, 0.29) is 12.3 Å². The summed E-state index contributed by atoms with van der Waals surface area (Å²) in [4.78, 5) is 11.2. The molecule has 0 aromatic heterocycles. The normalized spacial score (nSPS) is 11.9. The summed E-state index contributed by atoms with van der Waals surface area (Å²) >= 11 is 0. The van der Waals surface area contributed by atoms with Crippen molar-refractivity contribution in [2.75, 3.05) is 7.11 Å². The number of rotatable bonds is 5. The number of hydrogen-bond donors (Lipinski definition) is 1. The fourth-order valence-corrected chi connectivity index (χ4v) is 2.34. The molecule has 104 valence electrons. The Bertz CT molecular complexity index is 587. The summed E-state index contributed by atoms with van der Waals surface area (Å²) in [6.45, 7) is 2.01. The summed E-state index contributed by atoms with van der Waals surface area (Å²) in [6.07, 6.45) is 0.0451. The molecule has 0 bridgehead atoms. The smallest absolute Gasteiger partial charge is 0.304 e. The van der Waals surface area contributed by atoms with Crippen LogP contribution in [0.3, 0.4) is 0 Å². The molecule has 0 radical (unpaired) electrons. The van der Waals surface area contributed by atoms with Gasteiger partial charge < -0.3 is 9.84 Å². The van der Waals surface area contributed by atoms with Gasteiger partial charge >= 0.3 is 5.97 Å². The largest absolute Gasteiger partial charge is 0.496 e. The number of aliphatic carboxylic acids is 1. The Morgan fingerprint density at radius 3 is 2.40 bits per heavy atom. The van der Waals surface area contributed by atoms with E-state index in [0.717, 1.165) is 22.4 Å². The van der Waals surface area contributed by atoms with E-state index >= 15 is 0 Å². The number of carboxylic acids is 1. The molecule has 0 saturated heterocycles. The van der Waals surface area contributed by atoms with Crippen molar-refractivity contribution in [1.29, 1.82) is 0 Å².